The van der Waals surface area contributed by atoms with Crippen molar-refractivity contribution in [2.45, 2.75) is 53.0 Å². The largest absolute Gasteiger partial charge is 0.396 e. The summed E-state index contributed by atoms with van der Waals surface area (Å²) in [4.78, 5) is 0. The second-order valence-corrected chi connectivity index (χ2v) is 5.30. The second kappa shape index (κ2) is 4.97. The maximum atomic E-state index is 8.92. The first-order valence-corrected chi connectivity index (χ1v) is 5.19. The number of hydrogen-bond donors (Lipinski definition) is 2. The molecule has 0 aliphatic heterocycles. The Bertz CT molecular complexity index is 140. The van der Waals surface area contributed by atoms with Crippen LogP contribution in [-0.4, -0.2) is 23.8 Å². The second-order valence-electron chi connectivity index (χ2n) is 5.30. The molecule has 0 aromatic rings. The molecule has 0 bridgehead atoms. The third kappa shape index (κ3) is 6.05. The minimum atomic E-state index is 0.0992. The summed E-state index contributed by atoms with van der Waals surface area (Å²) in [5, 5.41) is 12.4. The van der Waals surface area contributed by atoms with Gasteiger partial charge in [-0.05, 0) is 25.2 Å². The minimum absolute atomic E-state index is 0.0992. The van der Waals surface area contributed by atoms with Gasteiger partial charge in [-0.2, -0.15) is 0 Å². The average molecular weight is 187 g/mol. The molecule has 13 heavy (non-hydrogen) atoms. The zero-order valence-corrected chi connectivity index (χ0v) is 9.78. The molecule has 0 rings (SSSR count). The van der Waals surface area contributed by atoms with Crippen LogP contribution in [0.2, 0.25) is 0 Å². The molecule has 0 aromatic carbocycles. The SMILES string of the molecule is CCC(C)(CCO)NCC(C)(C)C. The number of hydrogen-bond acceptors (Lipinski definition) is 2. The monoisotopic (exact) mass is 187 g/mol. The van der Waals surface area contributed by atoms with E-state index in [9.17, 15) is 0 Å². The number of nitrogens with one attached hydrogen (secondary N) is 1. The fourth-order valence-electron chi connectivity index (χ4n) is 1.12. The van der Waals surface area contributed by atoms with Gasteiger partial charge in [0.05, 0.1) is 0 Å². The molecule has 0 fully saturated rings. The van der Waals surface area contributed by atoms with Gasteiger partial charge in [-0.1, -0.05) is 27.7 Å². The van der Waals surface area contributed by atoms with E-state index in [0.717, 1.165) is 19.4 Å². The van der Waals surface area contributed by atoms with Gasteiger partial charge in [0.25, 0.3) is 0 Å². The molecule has 80 valence electrons. The van der Waals surface area contributed by atoms with Crippen molar-refractivity contribution in [1.29, 1.82) is 0 Å². The van der Waals surface area contributed by atoms with Crippen LogP contribution in [0.1, 0.15) is 47.5 Å². The molecule has 2 nitrogen and oxygen atoms in total. The van der Waals surface area contributed by atoms with Crippen LogP contribution in [0.5, 0.6) is 0 Å². The predicted octanol–water partition coefficient (Wildman–Crippen LogP) is 2.17. The van der Waals surface area contributed by atoms with Crippen LogP contribution >= 0.6 is 0 Å². The Balaban J connectivity index is 3.97. The molecule has 1 atom stereocenters. The summed E-state index contributed by atoms with van der Waals surface area (Å²) in [6.07, 6.45) is 1.89. The van der Waals surface area contributed by atoms with Gasteiger partial charge in [0.1, 0.15) is 0 Å². The number of aliphatic hydroxyl groups is 1. The fraction of sp³-hybridized carbons (Fsp3) is 1.00. The first kappa shape index (κ1) is 12.9. The summed E-state index contributed by atoms with van der Waals surface area (Å²) in [6.45, 7) is 12.2. The topological polar surface area (TPSA) is 32.3 Å². The van der Waals surface area contributed by atoms with Gasteiger partial charge in [0.15, 0.2) is 0 Å². The maximum Gasteiger partial charge on any atom is 0.0448 e. The Hall–Kier alpha value is -0.0800. The van der Waals surface area contributed by atoms with Gasteiger partial charge < -0.3 is 10.4 Å². The van der Waals surface area contributed by atoms with Crippen molar-refractivity contribution in [3.63, 3.8) is 0 Å². The third-order valence-electron chi connectivity index (χ3n) is 2.49. The van der Waals surface area contributed by atoms with E-state index in [1.54, 1.807) is 0 Å². The molecule has 1 unspecified atom stereocenters. The van der Waals surface area contributed by atoms with Gasteiger partial charge >= 0.3 is 0 Å². The highest BCUT2D eigenvalue weighted by atomic mass is 16.3. The highest BCUT2D eigenvalue weighted by Gasteiger charge is 2.22. The van der Waals surface area contributed by atoms with Crippen molar-refractivity contribution in [2.24, 2.45) is 5.41 Å². The molecule has 0 spiro atoms. The summed E-state index contributed by atoms with van der Waals surface area (Å²) in [6, 6.07) is 0. The van der Waals surface area contributed by atoms with E-state index < -0.39 is 0 Å². The van der Waals surface area contributed by atoms with E-state index in [1.165, 1.54) is 0 Å². The first-order chi connectivity index (χ1) is 5.83. The van der Waals surface area contributed by atoms with Crippen molar-refractivity contribution < 1.29 is 5.11 Å². The predicted molar refractivity (Wildman–Crippen MR) is 57.9 cm³/mol. The smallest absolute Gasteiger partial charge is 0.0448 e. The van der Waals surface area contributed by atoms with Crippen LogP contribution in [0, 0.1) is 5.41 Å². The van der Waals surface area contributed by atoms with Crippen LogP contribution in [0.4, 0.5) is 0 Å². The van der Waals surface area contributed by atoms with Gasteiger partial charge in [0.2, 0.25) is 0 Å². The zero-order chi connectivity index (χ0) is 10.5. The van der Waals surface area contributed by atoms with Crippen molar-refractivity contribution in [2.75, 3.05) is 13.2 Å². The molecule has 0 amide bonds. The van der Waals surface area contributed by atoms with E-state index in [1.807, 2.05) is 0 Å². The van der Waals surface area contributed by atoms with E-state index in [2.05, 4.69) is 39.9 Å². The lowest BCUT2D eigenvalue weighted by atomic mass is 9.91. The summed E-state index contributed by atoms with van der Waals surface area (Å²) < 4.78 is 0. The van der Waals surface area contributed by atoms with E-state index in [0.29, 0.717) is 5.41 Å². The molecule has 0 radical (unpaired) electrons. The van der Waals surface area contributed by atoms with E-state index in [4.69, 9.17) is 5.11 Å². The van der Waals surface area contributed by atoms with Crippen molar-refractivity contribution in [3.8, 4) is 0 Å². The number of rotatable bonds is 5. The van der Waals surface area contributed by atoms with Crippen LogP contribution < -0.4 is 5.32 Å². The Morgan fingerprint density at radius 1 is 1.15 bits per heavy atom. The Labute approximate surface area is 82.7 Å². The minimum Gasteiger partial charge on any atom is -0.396 e. The van der Waals surface area contributed by atoms with Gasteiger partial charge in [-0.25, -0.2) is 0 Å². The summed E-state index contributed by atoms with van der Waals surface area (Å²) in [5.74, 6) is 0. The molecule has 0 saturated carbocycles. The maximum absolute atomic E-state index is 8.92. The van der Waals surface area contributed by atoms with Crippen LogP contribution in [-0.2, 0) is 0 Å². The quantitative estimate of drug-likeness (QED) is 0.691. The van der Waals surface area contributed by atoms with Crippen LogP contribution in [0.3, 0.4) is 0 Å². The van der Waals surface area contributed by atoms with Crippen molar-refractivity contribution in [3.05, 3.63) is 0 Å². The molecule has 0 aromatic heterocycles. The average Bonchev–Trinajstić information content (AvgIpc) is 2.01. The lowest BCUT2D eigenvalue weighted by molar-refractivity contribution is 0.199. The highest BCUT2D eigenvalue weighted by molar-refractivity contribution is 4.83. The molecule has 2 heteroatoms. The molecule has 2 N–H and O–H groups in total. The summed E-state index contributed by atoms with van der Waals surface area (Å²) in [5.41, 5.74) is 0.411. The Morgan fingerprint density at radius 3 is 2.00 bits per heavy atom. The van der Waals surface area contributed by atoms with E-state index in [-0.39, 0.29) is 12.1 Å². The summed E-state index contributed by atoms with van der Waals surface area (Å²) in [7, 11) is 0. The standard InChI is InChI=1S/C11H25NO/c1-6-11(5,7-8-13)12-9-10(2,3)4/h12-13H,6-9H2,1-5H3. The third-order valence-corrected chi connectivity index (χ3v) is 2.49. The highest BCUT2D eigenvalue weighted by Crippen LogP contribution is 2.17. The lowest BCUT2D eigenvalue weighted by Crippen LogP contribution is -2.46. The van der Waals surface area contributed by atoms with Crippen LogP contribution in [0.15, 0.2) is 0 Å². The molecule has 0 heterocycles. The van der Waals surface area contributed by atoms with Crippen molar-refractivity contribution in [1.82, 2.24) is 5.32 Å². The van der Waals surface area contributed by atoms with Gasteiger partial charge in [0, 0.05) is 18.7 Å². The molecule has 0 aliphatic carbocycles. The molecule has 0 aliphatic rings. The first-order valence-electron chi connectivity index (χ1n) is 5.19. The number of aliphatic hydroxyl groups excluding tert-OH is 1. The lowest BCUT2D eigenvalue weighted by Gasteiger charge is -2.33. The molecular formula is C11H25NO. The summed E-state index contributed by atoms with van der Waals surface area (Å²) >= 11 is 0. The Morgan fingerprint density at radius 2 is 1.69 bits per heavy atom. The van der Waals surface area contributed by atoms with Crippen molar-refractivity contribution >= 4 is 0 Å². The molecule has 0 saturated heterocycles. The zero-order valence-electron chi connectivity index (χ0n) is 9.78. The van der Waals surface area contributed by atoms with Crippen LogP contribution in [0.25, 0.3) is 0 Å². The van der Waals surface area contributed by atoms with E-state index >= 15 is 0 Å². The molecular weight excluding hydrogens is 162 g/mol. The van der Waals surface area contributed by atoms with Gasteiger partial charge in [-0.3, -0.25) is 0 Å². The normalized spacial score (nSPS) is 17.1. The fourth-order valence-corrected chi connectivity index (χ4v) is 1.12. The Kier molecular flexibility index (Phi) is 4.93. The van der Waals surface area contributed by atoms with Gasteiger partial charge in [-0.15, -0.1) is 0 Å².